The van der Waals surface area contributed by atoms with E-state index in [1.165, 1.54) is 0 Å². The Morgan fingerprint density at radius 1 is 1.26 bits per heavy atom. The molecule has 3 rings (SSSR count). The third-order valence-corrected chi connectivity index (χ3v) is 3.25. The molecule has 1 aromatic rings. The van der Waals surface area contributed by atoms with Crippen LogP contribution in [0.15, 0.2) is 18.2 Å². The van der Waals surface area contributed by atoms with E-state index in [2.05, 4.69) is 5.32 Å². The van der Waals surface area contributed by atoms with Gasteiger partial charge in [0.2, 0.25) is 6.79 Å². The molecular weight excluding hydrogens is 248 g/mol. The van der Waals surface area contributed by atoms with E-state index in [-0.39, 0.29) is 18.6 Å². The van der Waals surface area contributed by atoms with E-state index >= 15 is 0 Å². The molecule has 0 spiro atoms. The third-order valence-electron chi connectivity index (χ3n) is 3.25. The van der Waals surface area contributed by atoms with Gasteiger partial charge in [-0.1, -0.05) is 13.8 Å². The van der Waals surface area contributed by atoms with Crippen LogP contribution in [0.25, 0.3) is 0 Å². The van der Waals surface area contributed by atoms with Gasteiger partial charge in [-0.3, -0.25) is 4.79 Å². The van der Waals surface area contributed by atoms with Gasteiger partial charge in [0.1, 0.15) is 6.04 Å². The Morgan fingerprint density at radius 2 is 2.00 bits per heavy atom. The van der Waals surface area contributed by atoms with Crippen molar-refractivity contribution in [2.45, 2.75) is 19.9 Å². The number of nitrogens with one attached hydrogen (secondary N) is 1. The number of nitrogens with zero attached hydrogens (tertiary/aromatic N) is 1. The maximum absolute atomic E-state index is 12.2. The number of hydrogen-bond donors (Lipinski definition) is 1. The van der Waals surface area contributed by atoms with Crippen molar-refractivity contribution >= 4 is 17.6 Å². The number of fused-ring (bicyclic) bond motifs is 1. The summed E-state index contributed by atoms with van der Waals surface area (Å²) in [5.74, 6) is 0.983. The summed E-state index contributed by atoms with van der Waals surface area (Å²) in [6.07, 6.45) is 0. The molecule has 0 aromatic heterocycles. The molecule has 1 saturated heterocycles. The molecule has 2 aliphatic heterocycles. The molecule has 1 N–H and O–H groups in total. The van der Waals surface area contributed by atoms with Crippen molar-refractivity contribution < 1.29 is 19.1 Å². The second-order valence-corrected chi connectivity index (χ2v) is 4.88. The van der Waals surface area contributed by atoms with Crippen molar-refractivity contribution in [1.29, 1.82) is 0 Å². The first-order valence-corrected chi connectivity index (χ1v) is 6.12. The monoisotopic (exact) mass is 262 g/mol. The number of ether oxygens (including phenoxy) is 2. The Hall–Kier alpha value is -2.24. The Bertz CT molecular complexity index is 556. The highest BCUT2D eigenvalue weighted by molar-refractivity contribution is 6.21. The molecule has 0 unspecified atom stereocenters. The summed E-state index contributed by atoms with van der Waals surface area (Å²) >= 11 is 0. The maximum atomic E-state index is 12.2. The summed E-state index contributed by atoms with van der Waals surface area (Å²) in [6.45, 7) is 3.95. The van der Waals surface area contributed by atoms with Gasteiger partial charge in [0, 0.05) is 6.07 Å². The first-order chi connectivity index (χ1) is 9.08. The standard InChI is InChI=1S/C13H14N2O4/c1-7(2)11-12(16)15(13(17)14-11)8-3-4-9-10(5-8)19-6-18-9/h3-5,7,11H,6H2,1-2H3,(H,14,17)/t11-/m0/s1. The van der Waals surface area contributed by atoms with Gasteiger partial charge in [-0.2, -0.15) is 0 Å². The molecule has 1 atom stereocenters. The van der Waals surface area contributed by atoms with Gasteiger partial charge in [0.15, 0.2) is 11.5 Å². The lowest BCUT2D eigenvalue weighted by Crippen LogP contribution is -2.34. The molecule has 100 valence electrons. The van der Waals surface area contributed by atoms with E-state index in [1.807, 2.05) is 13.8 Å². The van der Waals surface area contributed by atoms with Crippen LogP contribution in [-0.2, 0) is 4.79 Å². The third kappa shape index (κ3) is 1.80. The molecule has 19 heavy (non-hydrogen) atoms. The number of imide groups is 1. The van der Waals surface area contributed by atoms with Crippen LogP contribution < -0.4 is 19.7 Å². The fourth-order valence-corrected chi connectivity index (χ4v) is 2.22. The molecule has 0 bridgehead atoms. The molecule has 3 amide bonds. The molecule has 2 aliphatic rings. The molecule has 1 aromatic carbocycles. The zero-order valence-corrected chi connectivity index (χ0v) is 10.7. The highest BCUT2D eigenvalue weighted by Gasteiger charge is 2.40. The summed E-state index contributed by atoms with van der Waals surface area (Å²) < 4.78 is 10.5. The minimum absolute atomic E-state index is 0.0514. The second kappa shape index (κ2) is 4.15. The normalized spacial score (nSPS) is 21.2. The second-order valence-electron chi connectivity index (χ2n) is 4.88. The lowest BCUT2D eigenvalue weighted by molar-refractivity contribution is -0.119. The van der Waals surface area contributed by atoms with Crippen molar-refractivity contribution in [2.24, 2.45) is 5.92 Å². The van der Waals surface area contributed by atoms with Crippen LogP contribution in [0.2, 0.25) is 0 Å². The fraction of sp³-hybridized carbons (Fsp3) is 0.385. The lowest BCUT2D eigenvalue weighted by Gasteiger charge is -2.14. The van der Waals surface area contributed by atoms with E-state index in [0.29, 0.717) is 17.2 Å². The van der Waals surface area contributed by atoms with E-state index in [4.69, 9.17) is 9.47 Å². The Balaban J connectivity index is 1.94. The quantitative estimate of drug-likeness (QED) is 0.820. The van der Waals surface area contributed by atoms with Gasteiger partial charge < -0.3 is 14.8 Å². The number of anilines is 1. The van der Waals surface area contributed by atoms with Crippen LogP contribution in [0.3, 0.4) is 0 Å². The number of hydrogen-bond acceptors (Lipinski definition) is 4. The Kier molecular flexibility index (Phi) is 2.58. The molecule has 6 nitrogen and oxygen atoms in total. The van der Waals surface area contributed by atoms with E-state index in [9.17, 15) is 9.59 Å². The molecule has 6 heteroatoms. The Labute approximate surface area is 110 Å². The van der Waals surface area contributed by atoms with Crippen molar-refractivity contribution in [3.63, 3.8) is 0 Å². The van der Waals surface area contributed by atoms with Crippen LogP contribution in [0.5, 0.6) is 11.5 Å². The van der Waals surface area contributed by atoms with Gasteiger partial charge in [-0.05, 0) is 18.1 Å². The average molecular weight is 262 g/mol. The van der Waals surface area contributed by atoms with Crippen molar-refractivity contribution in [1.82, 2.24) is 5.32 Å². The molecule has 0 radical (unpaired) electrons. The lowest BCUT2D eigenvalue weighted by atomic mass is 10.0. The van der Waals surface area contributed by atoms with Gasteiger partial charge in [-0.25, -0.2) is 9.69 Å². The average Bonchev–Trinajstić information content (AvgIpc) is 2.93. The predicted octanol–water partition coefficient (Wildman–Crippen LogP) is 1.50. The van der Waals surface area contributed by atoms with Crippen LogP contribution in [0.1, 0.15) is 13.8 Å². The van der Waals surface area contributed by atoms with Crippen LogP contribution in [-0.4, -0.2) is 24.8 Å². The van der Waals surface area contributed by atoms with Gasteiger partial charge in [-0.15, -0.1) is 0 Å². The number of benzene rings is 1. The van der Waals surface area contributed by atoms with Gasteiger partial charge in [0.25, 0.3) is 5.91 Å². The SMILES string of the molecule is CC(C)[C@@H]1NC(=O)N(c2ccc3c(c2)OCO3)C1=O. The number of carbonyl (C=O) groups excluding carboxylic acids is 2. The van der Waals surface area contributed by atoms with E-state index < -0.39 is 12.1 Å². The van der Waals surface area contributed by atoms with Crippen molar-refractivity contribution in [3.8, 4) is 11.5 Å². The summed E-state index contributed by atoms with van der Waals surface area (Å²) in [7, 11) is 0. The largest absolute Gasteiger partial charge is 0.454 e. The Morgan fingerprint density at radius 3 is 2.68 bits per heavy atom. The number of urea groups is 1. The zero-order chi connectivity index (χ0) is 13.6. The molecule has 2 heterocycles. The van der Waals surface area contributed by atoms with Crippen molar-refractivity contribution in [3.05, 3.63) is 18.2 Å². The molecule has 1 fully saturated rings. The summed E-state index contributed by atoms with van der Waals surface area (Å²) in [5, 5.41) is 2.68. The topological polar surface area (TPSA) is 67.9 Å². The maximum Gasteiger partial charge on any atom is 0.329 e. The fourth-order valence-electron chi connectivity index (χ4n) is 2.22. The van der Waals surface area contributed by atoms with E-state index in [0.717, 1.165) is 4.90 Å². The number of amides is 3. The first-order valence-electron chi connectivity index (χ1n) is 6.12. The molecule has 0 saturated carbocycles. The van der Waals surface area contributed by atoms with Crippen LogP contribution in [0, 0.1) is 5.92 Å². The molecular formula is C13H14N2O4. The van der Waals surface area contributed by atoms with Gasteiger partial charge in [0.05, 0.1) is 5.69 Å². The summed E-state index contributed by atoms with van der Waals surface area (Å²) in [4.78, 5) is 25.3. The van der Waals surface area contributed by atoms with Crippen LogP contribution in [0.4, 0.5) is 10.5 Å². The van der Waals surface area contributed by atoms with E-state index in [1.54, 1.807) is 18.2 Å². The minimum atomic E-state index is -0.474. The summed E-state index contributed by atoms with van der Waals surface area (Å²) in [5.41, 5.74) is 0.495. The van der Waals surface area contributed by atoms with Crippen molar-refractivity contribution in [2.75, 3.05) is 11.7 Å². The van der Waals surface area contributed by atoms with Gasteiger partial charge >= 0.3 is 6.03 Å². The smallest absolute Gasteiger partial charge is 0.329 e. The first kappa shape index (κ1) is 11.8. The predicted molar refractivity (Wildman–Crippen MR) is 67.2 cm³/mol. The summed E-state index contributed by atoms with van der Waals surface area (Å²) in [6, 6.07) is 4.14. The minimum Gasteiger partial charge on any atom is -0.454 e. The number of carbonyl (C=O) groups is 2. The highest BCUT2D eigenvalue weighted by atomic mass is 16.7. The number of rotatable bonds is 2. The highest BCUT2D eigenvalue weighted by Crippen LogP contribution is 2.36. The molecule has 0 aliphatic carbocycles. The van der Waals surface area contributed by atoms with Crippen LogP contribution >= 0.6 is 0 Å². The zero-order valence-electron chi connectivity index (χ0n) is 10.7.